The van der Waals surface area contributed by atoms with Crippen LogP contribution < -0.4 is 5.32 Å². The van der Waals surface area contributed by atoms with Gasteiger partial charge < -0.3 is 10.1 Å². The zero-order valence-electron chi connectivity index (χ0n) is 14.0. The molecule has 2 N–H and O–H groups in total. The monoisotopic (exact) mass is 349 g/mol. The van der Waals surface area contributed by atoms with E-state index in [1.165, 1.54) is 12.0 Å². The van der Waals surface area contributed by atoms with Gasteiger partial charge in [0, 0.05) is 31.0 Å². The number of H-pyrrole nitrogens is 1. The number of hydrogen-bond donors (Lipinski definition) is 2. The number of aromatic amines is 1. The molecule has 1 fully saturated rings. The lowest BCUT2D eigenvalue weighted by Gasteiger charge is -2.37. The fraction of sp³-hybridized carbons (Fsp3) is 0.562. The number of rotatable bonds is 6. The molecular weight excluding hydrogens is 326 g/mol. The van der Waals surface area contributed by atoms with Gasteiger partial charge >= 0.3 is 0 Å². The summed E-state index contributed by atoms with van der Waals surface area (Å²) in [6.07, 6.45) is 0.917. The van der Waals surface area contributed by atoms with Crippen LogP contribution in [0.2, 0.25) is 0 Å². The molecule has 0 unspecified atom stereocenters. The van der Waals surface area contributed by atoms with E-state index < -0.39 is 0 Å². The first kappa shape index (κ1) is 17.1. The number of aryl methyl sites for hydroxylation is 1. The fourth-order valence-electron chi connectivity index (χ4n) is 3.15. The third-order valence-electron chi connectivity index (χ3n) is 4.22. The maximum atomic E-state index is 12.0. The Labute approximate surface area is 145 Å². The van der Waals surface area contributed by atoms with Crippen LogP contribution in [0.1, 0.15) is 28.9 Å². The number of piperidine rings is 1. The summed E-state index contributed by atoms with van der Waals surface area (Å²) in [7, 11) is 1.53. The van der Waals surface area contributed by atoms with Crippen molar-refractivity contribution in [3.63, 3.8) is 0 Å². The molecule has 7 nitrogen and oxygen atoms in total. The van der Waals surface area contributed by atoms with E-state index in [0.29, 0.717) is 0 Å². The Morgan fingerprint density at radius 3 is 3.12 bits per heavy atom. The number of ether oxygens (including phenoxy) is 1. The number of carbonyl (C=O) groups is 1. The van der Waals surface area contributed by atoms with Crippen LogP contribution in [0.3, 0.4) is 0 Å². The maximum absolute atomic E-state index is 12.0. The Balaban J connectivity index is 1.70. The molecule has 0 aliphatic carbocycles. The van der Waals surface area contributed by atoms with Gasteiger partial charge in [0.1, 0.15) is 12.4 Å². The van der Waals surface area contributed by atoms with Crippen molar-refractivity contribution in [2.75, 3.05) is 26.8 Å². The van der Waals surface area contributed by atoms with Gasteiger partial charge in [-0.05, 0) is 31.3 Å². The Bertz CT molecular complexity index is 657. The second kappa shape index (κ2) is 7.87. The van der Waals surface area contributed by atoms with E-state index in [4.69, 9.17) is 4.74 Å². The van der Waals surface area contributed by atoms with Crippen LogP contribution in [-0.4, -0.2) is 58.8 Å². The third kappa shape index (κ3) is 4.19. The number of amides is 1. The number of hydrogen-bond acceptors (Lipinski definition) is 6. The minimum Gasteiger partial charge on any atom is -0.375 e. The van der Waals surface area contributed by atoms with Crippen LogP contribution >= 0.6 is 11.3 Å². The van der Waals surface area contributed by atoms with Gasteiger partial charge in [-0.3, -0.25) is 14.8 Å². The predicted octanol–water partition coefficient (Wildman–Crippen LogP) is 1.30. The lowest BCUT2D eigenvalue weighted by atomic mass is 9.90. The van der Waals surface area contributed by atoms with Gasteiger partial charge in [0.25, 0.3) is 0 Å². The average molecular weight is 349 g/mol. The second-order valence-electron chi connectivity index (χ2n) is 6.10. The highest BCUT2D eigenvalue weighted by atomic mass is 32.1. The Hall–Kier alpha value is -1.77. The highest BCUT2D eigenvalue weighted by molar-refractivity contribution is 7.09. The van der Waals surface area contributed by atoms with Crippen LogP contribution in [0.4, 0.5) is 0 Å². The third-order valence-corrected chi connectivity index (χ3v) is 5.09. The van der Waals surface area contributed by atoms with Crippen molar-refractivity contribution < 1.29 is 9.53 Å². The molecular formula is C16H23N5O2S. The summed E-state index contributed by atoms with van der Waals surface area (Å²) >= 11 is 1.76. The molecule has 0 bridgehead atoms. The van der Waals surface area contributed by atoms with Crippen molar-refractivity contribution in [1.29, 1.82) is 0 Å². The highest BCUT2D eigenvalue weighted by Crippen LogP contribution is 2.27. The maximum Gasteiger partial charge on any atom is 0.246 e. The van der Waals surface area contributed by atoms with Gasteiger partial charge in [0.2, 0.25) is 5.91 Å². The summed E-state index contributed by atoms with van der Waals surface area (Å²) in [5.41, 5.74) is 0. The zero-order chi connectivity index (χ0) is 16.9. The van der Waals surface area contributed by atoms with Gasteiger partial charge in [0.15, 0.2) is 5.82 Å². The van der Waals surface area contributed by atoms with E-state index in [-0.39, 0.29) is 24.5 Å². The van der Waals surface area contributed by atoms with E-state index in [2.05, 4.69) is 42.9 Å². The van der Waals surface area contributed by atoms with Gasteiger partial charge in [-0.25, -0.2) is 4.98 Å². The van der Waals surface area contributed by atoms with Gasteiger partial charge in [-0.15, -0.1) is 11.3 Å². The fourth-order valence-corrected chi connectivity index (χ4v) is 3.89. The molecule has 2 aromatic rings. The van der Waals surface area contributed by atoms with Crippen LogP contribution in [-0.2, 0) is 16.1 Å². The van der Waals surface area contributed by atoms with Gasteiger partial charge in [-0.1, -0.05) is 6.07 Å². The molecule has 0 spiro atoms. The number of aromatic nitrogens is 3. The van der Waals surface area contributed by atoms with E-state index in [1.54, 1.807) is 11.3 Å². The molecule has 0 saturated carbocycles. The number of nitrogens with zero attached hydrogens (tertiary/aromatic N) is 3. The quantitative estimate of drug-likeness (QED) is 0.821. The molecule has 2 aromatic heterocycles. The Kier molecular flexibility index (Phi) is 5.60. The topological polar surface area (TPSA) is 83.1 Å². The van der Waals surface area contributed by atoms with Crippen LogP contribution in [0, 0.1) is 6.92 Å². The normalized spacial score (nSPS) is 21.8. The molecule has 3 rings (SSSR count). The first-order chi connectivity index (χ1) is 11.7. The van der Waals surface area contributed by atoms with Crippen molar-refractivity contribution in [2.24, 2.45) is 0 Å². The summed E-state index contributed by atoms with van der Waals surface area (Å²) in [6, 6.07) is 4.20. The van der Waals surface area contributed by atoms with Crippen LogP contribution in [0.15, 0.2) is 17.5 Å². The van der Waals surface area contributed by atoms with Gasteiger partial charge in [-0.2, -0.15) is 5.10 Å². The number of nitrogens with one attached hydrogen (secondary N) is 2. The van der Waals surface area contributed by atoms with Crippen molar-refractivity contribution in [3.05, 3.63) is 34.0 Å². The lowest BCUT2D eigenvalue weighted by molar-refractivity contribution is -0.126. The smallest absolute Gasteiger partial charge is 0.246 e. The predicted molar refractivity (Wildman–Crippen MR) is 91.9 cm³/mol. The van der Waals surface area contributed by atoms with Crippen LogP contribution in [0.5, 0.6) is 0 Å². The molecule has 1 aliphatic rings. The first-order valence-corrected chi connectivity index (χ1v) is 8.95. The summed E-state index contributed by atoms with van der Waals surface area (Å²) < 4.78 is 4.94. The minimum absolute atomic E-state index is 0.0171. The lowest BCUT2D eigenvalue weighted by Crippen LogP contribution is -2.52. The van der Waals surface area contributed by atoms with Crippen molar-refractivity contribution in [3.8, 4) is 0 Å². The standard InChI is InChI=1S/C16H23N5O2S/c1-11-17-16(20-19-11)13-5-6-21(8-12-4-3-7-24-12)9-14(13)18-15(22)10-23-2/h3-4,7,13-14H,5-6,8-10H2,1-2H3,(H,18,22)(H,17,19,20)/t13-,14+/m0/s1. The first-order valence-electron chi connectivity index (χ1n) is 8.07. The van der Waals surface area contributed by atoms with Gasteiger partial charge in [0.05, 0.1) is 6.04 Å². The number of methoxy groups -OCH3 is 1. The summed E-state index contributed by atoms with van der Waals surface area (Å²) in [4.78, 5) is 20.2. The molecule has 2 atom stereocenters. The van der Waals surface area contributed by atoms with E-state index in [9.17, 15) is 4.79 Å². The van der Waals surface area contributed by atoms with Crippen molar-refractivity contribution in [2.45, 2.75) is 31.8 Å². The summed E-state index contributed by atoms with van der Waals surface area (Å²) in [5.74, 6) is 1.60. The number of likely N-dealkylation sites (tertiary alicyclic amines) is 1. The molecule has 24 heavy (non-hydrogen) atoms. The number of thiophene rings is 1. The second-order valence-corrected chi connectivity index (χ2v) is 7.13. The molecule has 1 amide bonds. The van der Waals surface area contributed by atoms with E-state index in [0.717, 1.165) is 37.7 Å². The van der Waals surface area contributed by atoms with Crippen molar-refractivity contribution in [1.82, 2.24) is 25.4 Å². The minimum atomic E-state index is -0.0993. The highest BCUT2D eigenvalue weighted by Gasteiger charge is 2.33. The SMILES string of the molecule is COCC(=O)N[C@@H]1CN(Cc2cccs2)CC[C@@H]1c1n[nH]c(C)n1. The average Bonchev–Trinajstić information content (AvgIpc) is 3.20. The summed E-state index contributed by atoms with van der Waals surface area (Å²) in [6.45, 7) is 4.62. The molecule has 0 radical (unpaired) electrons. The number of carbonyl (C=O) groups excluding carboxylic acids is 1. The molecule has 1 saturated heterocycles. The molecule has 1 aliphatic heterocycles. The van der Waals surface area contributed by atoms with E-state index in [1.807, 2.05) is 6.92 Å². The van der Waals surface area contributed by atoms with Crippen LogP contribution in [0.25, 0.3) is 0 Å². The largest absolute Gasteiger partial charge is 0.375 e. The molecule has 130 valence electrons. The molecule has 3 heterocycles. The summed E-state index contributed by atoms with van der Waals surface area (Å²) in [5, 5.41) is 12.4. The molecule has 0 aromatic carbocycles. The van der Waals surface area contributed by atoms with E-state index >= 15 is 0 Å². The Morgan fingerprint density at radius 2 is 2.46 bits per heavy atom. The Morgan fingerprint density at radius 1 is 1.58 bits per heavy atom. The zero-order valence-corrected chi connectivity index (χ0v) is 14.8. The van der Waals surface area contributed by atoms with Crippen molar-refractivity contribution >= 4 is 17.2 Å². The molecule has 8 heteroatoms.